The van der Waals surface area contributed by atoms with Crippen LogP contribution in [0, 0.1) is 13.8 Å². The van der Waals surface area contributed by atoms with Gasteiger partial charge in [0.1, 0.15) is 11.5 Å². The summed E-state index contributed by atoms with van der Waals surface area (Å²) in [5, 5.41) is 11.8. The maximum Gasteiger partial charge on any atom is 0.345 e. The van der Waals surface area contributed by atoms with Gasteiger partial charge in [-0.05, 0) is 86.1 Å². The van der Waals surface area contributed by atoms with Gasteiger partial charge in [0, 0.05) is 0 Å². The van der Waals surface area contributed by atoms with Crippen molar-refractivity contribution in [3.8, 4) is 11.5 Å². The van der Waals surface area contributed by atoms with E-state index in [0.29, 0.717) is 0 Å². The molecule has 0 bridgehead atoms. The van der Waals surface area contributed by atoms with Crippen LogP contribution in [0.4, 0.5) is 0 Å². The van der Waals surface area contributed by atoms with Gasteiger partial charge in [-0.2, -0.15) is 0 Å². The molecule has 0 amide bonds. The Morgan fingerprint density at radius 2 is 0.951 bits per heavy atom. The van der Waals surface area contributed by atoms with Crippen molar-refractivity contribution >= 4 is 7.32 Å². The molecule has 0 saturated carbocycles. The van der Waals surface area contributed by atoms with Crippen molar-refractivity contribution in [1.29, 1.82) is 0 Å². The molecular formula is C34H58BNO5. The lowest BCUT2D eigenvalue weighted by molar-refractivity contribution is -0.929. The average Bonchev–Trinajstić information content (AvgIpc) is 2.99. The number of aryl methyl sites for hydroxylation is 2. The molecule has 7 heteroatoms. The highest BCUT2D eigenvalue weighted by Gasteiger charge is 2.24. The molecule has 0 saturated heterocycles. The van der Waals surface area contributed by atoms with Crippen LogP contribution in [0.15, 0.2) is 36.4 Å². The SMILES string of the molecule is CCCC[N+](CCCC)(CCCC)CCCC.COc1ccc(COB([O-])OCc2ccc(OC)cc2C)c(C)c1. The average molecular weight is 572 g/mol. The Balaban J connectivity index is 0.000000438. The third-order valence-electron chi connectivity index (χ3n) is 7.79. The summed E-state index contributed by atoms with van der Waals surface area (Å²) in [6.45, 7) is 19.3. The second kappa shape index (κ2) is 21.6. The molecule has 6 nitrogen and oxygen atoms in total. The number of methoxy groups -OCH3 is 2. The molecule has 0 spiro atoms. The minimum atomic E-state index is -1.53. The van der Waals surface area contributed by atoms with Crippen LogP contribution in [0.25, 0.3) is 0 Å². The first-order valence-electron chi connectivity index (χ1n) is 15.8. The zero-order valence-corrected chi connectivity index (χ0v) is 27.4. The van der Waals surface area contributed by atoms with E-state index in [4.69, 9.17) is 18.8 Å². The Morgan fingerprint density at radius 1 is 0.610 bits per heavy atom. The summed E-state index contributed by atoms with van der Waals surface area (Å²) >= 11 is 0. The van der Waals surface area contributed by atoms with Crippen molar-refractivity contribution in [2.45, 2.75) is 106 Å². The van der Waals surface area contributed by atoms with E-state index in [9.17, 15) is 5.02 Å². The number of hydrogen-bond donors (Lipinski definition) is 0. The van der Waals surface area contributed by atoms with E-state index in [2.05, 4.69) is 27.7 Å². The zero-order chi connectivity index (χ0) is 30.5. The topological polar surface area (TPSA) is 60.0 Å². The van der Waals surface area contributed by atoms with Gasteiger partial charge in [-0.1, -0.05) is 65.5 Å². The molecule has 41 heavy (non-hydrogen) atoms. The van der Waals surface area contributed by atoms with Crippen molar-refractivity contribution in [3.63, 3.8) is 0 Å². The van der Waals surface area contributed by atoms with Crippen LogP contribution in [-0.4, -0.2) is 52.2 Å². The zero-order valence-electron chi connectivity index (χ0n) is 27.4. The van der Waals surface area contributed by atoms with Crippen molar-refractivity contribution < 1.29 is 28.3 Å². The van der Waals surface area contributed by atoms with Gasteiger partial charge in [-0.25, -0.2) is 0 Å². The van der Waals surface area contributed by atoms with E-state index in [1.54, 1.807) is 14.2 Å². The molecule has 0 unspecified atom stereocenters. The van der Waals surface area contributed by atoms with E-state index < -0.39 is 7.32 Å². The van der Waals surface area contributed by atoms with E-state index in [-0.39, 0.29) is 13.2 Å². The van der Waals surface area contributed by atoms with Crippen molar-refractivity contribution in [2.75, 3.05) is 40.4 Å². The van der Waals surface area contributed by atoms with Crippen LogP contribution in [-0.2, 0) is 22.5 Å². The van der Waals surface area contributed by atoms with Gasteiger partial charge in [0.25, 0.3) is 0 Å². The predicted molar refractivity (Wildman–Crippen MR) is 170 cm³/mol. The largest absolute Gasteiger partial charge is 0.832 e. The summed E-state index contributed by atoms with van der Waals surface area (Å²) in [5.74, 6) is 1.56. The lowest BCUT2D eigenvalue weighted by atomic mass is 10.1. The van der Waals surface area contributed by atoms with Gasteiger partial charge in [0.15, 0.2) is 0 Å². The predicted octanol–water partition coefficient (Wildman–Crippen LogP) is 7.40. The molecule has 232 valence electrons. The summed E-state index contributed by atoms with van der Waals surface area (Å²) in [6, 6.07) is 11.3. The number of nitrogens with zero attached hydrogens (tertiary/aromatic N) is 1. The Kier molecular flexibility index (Phi) is 19.5. The molecule has 0 atom stereocenters. The fourth-order valence-electron chi connectivity index (χ4n) is 4.92. The maximum absolute atomic E-state index is 11.8. The number of ether oxygens (including phenoxy) is 2. The molecule has 0 heterocycles. The number of quaternary nitrogens is 1. The summed E-state index contributed by atoms with van der Waals surface area (Å²) in [7, 11) is 1.70. The van der Waals surface area contributed by atoms with Crippen LogP contribution in [0.1, 0.15) is 101 Å². The van der Waals surface area contributed by atoms with Gasteiger partial charge in [-0.3, -0.25) is 0 Å². The fourth-order valence-corrected chi connectivity index (χ4v) is 4.92. The monoisotopic (exact) mass is 571 g/mol. The van der Waals surface area contributed by atoms with Crippen molar-refractivity contribution in [2.24, 2.45) is 0 Å². The molecule has 0 aliphatic rings. The summed E-state index contributed by atoms with van der Waals surface area (Å²) in [5.41, 5.74) is 3.88. The lowest BCUT2D eigenvalue weighted by Crippen LogP contribution is -2.50. The van der Waals surface area contributed by atoms with Gasteiger partial charge >= 0.3 is 7.32 Å². The van der Waals surface area contributed by atoms with Crippen LogP contribution in [0.3, 0.4) is 0 Å². The molecule has 0 aliphatic carbocycles. The molecular weight excluding hydrogens is 513 g/mol. The number of rotatable bonds is 20. The molecule has 0 N–H and O–H groups in total. The molecule has 0 radical (unpaired) electrons. The number of hydrogen-bond acceptors (Lipinski definition) is 5. The van der Waals surface area contributed by atoms with Crippen LogP contribution in [0.5, 0.6) is 11.5 Å². The lowest BCUT2D eigenvalue weighted by Gasteiger charge is -2.39. The van der Waals surface area contributed by atoms with Crippen LogP contribution < -0.4 is 14.5 Å². The first-order valence-corrected chi connectivity index (χ1v) is 15.8. The molecule has 2 aromatic rings. The Bertz CT molecular complexity index is 860. The highest BCUT2D eigenvalue weighted by molar-refractivity contribution is 6.32. The minimum Gasteiger partial charge on any atom is -0.832 e. The summed E-state index contributed by atoms with van der Waals surface area (Å²) in [6.07, 6.45) is 11.1. The van der Waals surface area contributed by atoms with E-state index in [1.165, 1.54) is 82.0 Å². The van der Waals surface area contributed by atoms with Gasteiger partial charge in [0.05, 0.1) is 53.6 Å². The van der Waals surface area contributed by atoms with Gasteiger partial charge < -0.3 is 28.3 Å². The minimum absolute atomic E-state index is 0.200. The standard InChI is InChI=1S/C18H22BO5.C16H36N/c1-13-9-17(21-3)7-5-15(13)11-23-19(20)24-12-16-6-8-18(22-4)10-14(16)2;1-5-9-13-17(14-10-6-2,15-11-7-3)16-12-8-4/h5-10H,11-12H2,1-4H3;5-16H2,1-4H3/q-1;+1. The number of benzene rings is 2. The summed E-state index contributed by atoms with van der Waals surface area (Å²) < 4.78 is 22.2. The van der Waals surface area contributed by atoms with Gasteiger partial charge in [0.2, 0.25) is 0 Å². The van der Waals surface area contributed by atoms with Crippen LogP contribution >= 0.6 is 0 Å². The van der Waals surface area contributed by atoms with E-state index >= 15 is 0 Å². The molecule has 0 aliphatic heterocycles. The highest BCUT2D eigenvalue weighted by Crippen LogP contribution is 2.20. The smallest absolute Gasteiger partial charge is 0.345 e. The number of unbranched alkanes of at least 4 members (excludes halogenated alkanes) is 4. The molecule has 2 aromatic carbocycles. The Morgan fingerprint density at radius 3 is 1.22 bits per heavy atom. The fraction of sp³-hybridized carbons (Fsp3) is 0.647. The molecule has 0 aromatic heterocycles. The van der Waals surface area contributed by atoms with Crippen molar-refractivity contribution in [1.82, 2.24) is 0 Å². The first-order chi connectivity index (χ1) is 19.8. The quantitative estimate of drug-likeness (QED) is 0.122. The highest BCUT2D eigenvalue weighted by atomic mass is 16.7. The summed E-state index contributed by atoms with van der Waals surface area (Å²) in [4.78, 5) is 0. The Hall–Kier alpha value is -2.06. The second-order valence-electron chi connectivity index (χ2n) is 11.1. The normalized spacial score (nSPS) is 11.1. The van der Waals surface area contributed by atoms with E-state index in [1.807, 2.05) is 50.2 Å². The second-order valence-corrected chi connectivity index (χ2v) is 11.1. The first kappa shape index (κ1) is 37.0. The maximum atomic E-state index is 11.8. The third kappa shape index (κ3) is 14.6. The molecule has 2 rings (SSSR count). The third-order valence-corrected chi connectivity index (χ3v) is 7.79. The van der Waals surface area contributed by atoms with Crippen LogP contribution in [0.2, 0.25) is 0 Å². The Labute approximate surface area is 252 Å². The van der Waals surface area contributed by atoms with E-state index in [0.717, 1.165) is 33.8 Å². The molecule has 0 fully saturated rings. The van der Waals surface area contributed by atoms with Gasteiger partial charge in [-0.15, -0.1) is 0 Å². The van der Waals surface area contributed by atoms with Crippen molar-refractivity contribution in [3.05, 3.63) is 58.7 Å².